The highest BCUT2D eigenvalue weighted by atomic mass is 79.9. The zero-order valence-corrected chi connectivity index (χ0v) is 13.0. The average Bonchev–Trinajstić information content (AvgIpc) is 2.59. The zero-order chi connectivity index (χ0) is 13.1. The molecule has 0 radical (unpaired) electrons. The van der Waals surface area contributed by atoms with Crippen LogP contribution in [0.1, 0.15) is 13.3 Å². The van der Waals surface area contributed by atoms with Gasteiger partial charge in [-0.2, -0.15) is 9.57 Å². The van der Waals surface area contributed by atoms with Gasteiger partial charge < -0.3 is 0 Å². The summed E-state index contributed by atoms with van der Waals surface area (Å²) in [4.78, 5) is 0. The molecule has 0 amide bonds. The zero-order valence-electron chi connectivity index (χ0n) is 8.98. The molecule has 4 nitrogen and oxygen atoms in total. The minimum absolute atomic E-state index is 0.149. The maximum Gasteiger partial charge on any atom is 0.253 e. The summed E-state index contributed by atoms with van der Waals surface area (Å²) in [5, 5.41) is 9.01. The molecule has 0 aliphatic rings. The first-order valence-corrected chi connectivity index (χ1v) is 8.18. The van der Waals surface area contributed by atoms with Crippen LogP contribution >= 0.6 is 38.9 Å². The third-order valence-electron chi connectivity index (χ3n) is 1.94. The van der Waals surface area contributed by atoms with Gasteiger partial charge in [-0.1, -0.05) is 18.5 Å². The van der Waals surface area contributed by atoms with E-state index in [4.69, 9.17) is 16.9 Å². The van der Waals surface area contributed by atoms with E-state index in [-0.39, 0.29) is 10.8 Å². The summed E-state index contributed by atoms with van der Waals surface area (Å²) in [5.41, 5.74) is 0. The maximum atomic E-state index is 12.2. The number of halogens is 2. The third-order valence-corrected chi connectivity index (χ3v) is 6.71. The number of sulfonamides is 1. The molecule has 0 spiro atoms. The standard InChI is InChI=1S/C9H10BrClN2O2S2/c1-2-4-13(5-3-12)17(14,15)8-6-7(11)9(10)16-8/h6H,2,4-5H2,1H3. The Balaban J connectivity index is 3.12. The molecule has 8 heteroatoms. The van der Waals surface area contributed by atoms with E-state index in [2.05, 4.69) is 15.9 Å². The summed E-state index contributed by atoms with van der Waals surface area (Å²) >= 11 is 10.0. The Hall–Kier alpha value is -0.130. The lowest BCUT2D eigenvalue weighted by molar-refractivity contribution is 0.446. The van der Waals surface area contributed by atoms with Crippen LogP contribution in [0.25, 0.3) is 0 Å². The van der Waals surface area contributed by atoms with Crippen LogP contribution in [-0.2, 0) is 10.0 Å². The molecule has 1 rings (SSSR count). The SMILES string of the molecule is CCCN(CC#N)S(=O)(=O)c1cc(Cl)c(Br)s1. The van der Waals surface area contributed by atoms with E-state index in [1.54, 1.807) is 0 Å². The van der Waals surface area contributed by atoms with Gasteiger partial charge in [0.1, 0.15) is 10.8 Å². The summed E-state index contributed by atoms with van der Waals surface area (Å²) in [6, 6.07) is 3.25. The van der Waals surface area contributed by atoms with Crippen molar-refractivity contribution in [1.29, 1.82) is 5.26 Å². The Morgan fingerprint density at radius 3 is 2.71 bits per heavy atom. The van der Waals surface area contributed by atoms with Crippen molar-refractivity contribution < 1.29 is 8.42 Å². The van der Waals surface area contributed by atoms with Gasteiger partial charge in [0.05, 0.1) is 14.9 Å². The highest BCUT2D eigenvalue weighted by Crippen LogP contribution is 2.35. The molecule has 0 saturated carbocycles. The average molecular weight is 358 g/mol. The third kappa shape index (κ3) is 3.42. The Morgan fingerprint density at radius 2 is 2.29 bits per heavy atom. The van der Waals surface area contributed by atoms with Crippen molar-refractivity contribution in [2.45, 2.75) is 17.6 Å². The smallest absolute Gasteiger partial charge is 0.206 e. The molecule has 0 aromatic carbocycles. The molecular weight excluding hydrogens is 348 g/mol. The Kier molecular flexibility index (Phi) is 5.41. The number of hydrogen-bond acceptors (Lipinski definition) is 4. The van der Waals surface area contributed by atoms with E-state index in [1.165, 1.54) is 6.07 Å². The first kappa shape index (κ1) is 14.9. The molecule has 0 unspecified atom stereocenters. The van der Waals surface area contributed by atoms with E-state index in [0.717, 1.165) is 15.6 Å². The fourth-order valence-corrected chi connectivity index (χ4v) is 5.18. The van der Waals surface area contributed by atoms with Crippen LogP contribution in [0.15, 0.2) is 14.1 Å². The number of nitriles is 1. The summed E-state index contributed by atoms with van der Waals surface area (Å²) < 4.78 is 26.2. The van der Waals surface area contributed by atoms with E-state index >= 15 is 0 Å². The topological polar surface area (TPSA) is 61.2 Å². The van der Waals surface area contributed by atoms with Crippen LogP contribution in [-0.4, -0.2) is 25.8 Å². The quantitative estimate of drug-likeness (QED) is 0.761. The minimum Gasteiger partial charge on any atom is -0.206 e. The number of rotatable bonds is 5. The summed E-state index contributed by atoms with van der Waals surface area (Å²) in [6.07, 6.45) is 0.654. The molecule has 0 aliphatic carbocycles. The van der Waals surface area contributed by atoms with Gasteiger partial charge in [0.2, 0.25) is 0 Å². The molecule has 1 aromatic rings. The second-order valence-electron chi connectivity index (χ2n) is 3.18. The molecule has 0 bridgehead atoms. The molecule has 94 valence electrons. The van der Waals surface area contributed by atoms with Crippen molar-refractivity contribution in [3.8, 4) is 6.07 Å². The van der Waals surface area contributed by atoms with Crippen LogP contribution in [0.3, 0.4) is 0 Å². The maximum absolute atomic E-state index is 12.2. The van der Waals surface area contributed by atoms with Crippen molar-refractivity contribution in [2.75, 3.05) is 13.1 Å². The lowest BCUT2D eigenvalue weighted by Crippen LogP contribution is -2.31. The molecule has 17 heavy (non-hydrogen) atoms. The first-order valence-electron chi connectivity index (χ1n) is 4.75. The molecule has 0 atom stereocenters. The van der Waals surface area contributed by atoms with Crippen molar-refractivity contribution in [3.63, 3.8) is 0 Å². The summed E-state index contributed by atoms with van der Waals surface area (Å²) in [6.45, 7) is 2.03. The van der Waals surface area contributed by atoms with Crippen LogP contribution in [0.2, 0.25) is 5.02 Å². The van der Waals surface area contributed by atoms with Crippen LogP contribution in [0, 0.1) is 11.3 Å². The second kappa shape index (κ2) is 6.16. The fraction of sp³-hybridized carbons (Fsp3) is 0.444. The molecule has 0 saturated heterocycles. The lowest BCUT2D eigenvalue weighted by Gasteiger charge is -2.16. The van der Waals surface area contributed by atoms with E-state index in [9.17, 15) is 8.42 Å². The van der Waals surface area contributed by atoms with Crippen LogP contribution < -0.4 is 0 Å². The van der Waals surface area contributed by atoms with Gasteiger partial charge in [0, 0.05) is 6.54 Å². The summed E-state index contributed by atoms with van der Waals surface area (Å²) in [7, 11) is -3.61. The van der Waals surface area contributed by atoms with E-state index in [0.29, 0.717) is 21.8 Å². The van der Waals surface area contributed by atoms with Gasteiger partial charge >= 0.3 is 0 Å². The predicted octanol–water partition coefficient (Wildman–Crippen LogP) is 3.09. The number of hydrogen-bond donors (Lipinski definition) is 0. The number of nitrogens with zero attached hydrogens (tertiary/aromatic N) is 2. The largest absolute Gasteiger partial charge is 0.253 e. The van der Waals surface area contributed by atoms with Crippen molar-refractivity contribution >= 4 is 48.9 Å². The van der Waals surface area contributed by atoms with Gasteiger partial charge in [-0.05, 0) is 28.4 Å². The lowest BCUT2D eigenvalue weighted by atomic mass is 10.5. The highest BCUT2D eigenvalue weighted by molar-refractivity contribution is 9.11. The van der Waals surface area contributed by atoms with Gasteiger partial charge in [-0.15, -0.1) is 11.3 Å². The second-order valence-corrected chi connectivity index (χ2v) is 8.13. The van der Waals surface area contributed by atoms with Crippen molar-refractivity contribution in [2.24, 2.45) is 0 Å². The number of thiophene rings is 1. The highest BCUT2D eigenvalue weighted by Gasteiger charge is 2.26. The van der Waals surface area contributed by atoms with Crippen molar-refractivity contribution in [3.05, 3.63) is 14.9 Å². The van der Waals surface area contributed by atoms with Gasteiger partial charge in [-0.25, -0.2) is 8.42 Å². The summed E-state index contributed by atoms with van der Waals surface area (Å²) in [5.74, 6) is 0. The predicted molar refractivity (Wildman–Crippen MR) is 71.7 cm³/mol. The van der Waals surface area contributed by atoms with E-state index < -0.39 is 10.0 Å². The first-order chi connectivity index (χ1) is 7.93. The Labute approximate surface area is 118 Å². The molecular formula is C9H10BrClN2O2S2. The molecule has 0 fully saturated rings. The molecule has 0 N–H and O–H groups in total. The van der Waals surface area contributed by atoms with Crippen molar-refractivity contribution in [1.82, 2.24) is 4.31 Å². The Bertz CT molecular complexity index is 516. The minimum atomic E-state index is -3.61. The van der Waals surface area contributed by atoms with Gasteiger partial charge in [0.25, 0.3) is 10.0 Å². The molecule has 1 heterocycles. The van der Waals surface area contributed by atoms with Crippen LogP contribution in [0.4, 0.5) is 0 Å². The van der Waals surface area contributed by atoms with Gasteiger partial charge in [0.15, 0.2) is 0 Å². The normalized spacial score (nSPS) is 11.7. The Morgan fingerprint density at radius 1 is 1.65 bits per heavy atom. The molecule has 0 aliphatic heterocycles. The van der Waals surface area contributed by atoms with Gasteiger partial charge in [-0.3, -0.25) is 0 Å². The molecule has 1 aromatic heterocycles. The van der Waals surface area contributed by atoms with E-state index in [1.807, 2.05) is 13.0 Å². The van der Waals surface area contributed by atoms with Crippen LogP contribution in [0.5, 0.6) is 0 Å². The fourth-order valence-electron chi connectivity index (χ4n) is 1.19. The monoisotopic (exact) mass is 356 g/mol.